The summed E-state index contributed by atoms with van der Waals surface area (Å²) >= 11 is 4.34. The monoisotopic (exact) mass is 390 g/mol. The predicted molar refractivity (Wildman–Crippen MR) is 104 cm³/mol. The predicted octanol–water partition coefficient (Wildman–Crippen LogP) is 2.87. The lowest BCUT2D eigenvalue weighted by molar-refractivity contribution is 0.0708. The topological polar surface area (TPSA) is 66.5 Å². The molecule has 2 aromatic carbocycles. The van der Waals surface area contributed by atoms with Crippen LogP contribution in [0.3, 0.4) is 0 Å². The minimum absolute atomic E-state index is 0.0598. The van der Waals surface area contributed by atoms with Crippen LogP contribution < -0.4 is 4.72 Å². The summed E-state index contributed by atoms with van der Waals surface area (Å²) in [6, 6.07) is 13.8. The minimum Gasteiger partial charge on any atom is -0.338 e. The van der Waals surface area contributed by atoms with Gasteiger partial charge in [-0.05, 0) is 44.0 Å². The van der Waals surface area contributed by atoms with Crippen LogP contribution in [0, 0.1) is 6.92 Å². The van der Waals surface area contributed by atoms with E-state index in [1.165, 1.54) is 0 Å². The van der Waals surface area contributed by atoms with Crippen LogP contribution in [0.4, 0.5) is 0 Å². The van der Waals surface area contributed by atoms with E-state index in [-0.39, 0.29) is 16.8 Å². The summed E-state index contributed by atoms with van der Waals surface area (Å²) < 4.78 is 27.7. The number of nitrogens with one attached hydrogen (secondary N) is 1. The fraction of sp³-hybridized carbons (Fsp3) is 0.316. The Morgan fingerprint density at radius 1 is 1.08 bits per heavy atom. The first-order valence-electron chi connectivity index (χ1n) is 8.53. The van der Waals surface area contributed by atoms with Crippen molar-refractivity contribution in [1.82, 2.24) is 9.62 Å². The molecule has 0 atom stereocenters. The molecule has 1 aliphatic rings. The Morgan fingerprint density at radius 2 is 1.69 bits per heavy atom. The van der Waals surface area contributed by atoms with E-state index >= 15 is 0 Å². The third-order valence-electron chi connectivity index (χ3n) is 4.57. The van der Waals surface area contributed by atoms with E-state index in [0.717, 1.165) is 5.56 Å². The van der Waals surface area contributed by atoms with Crippen LogP contribution in [0.5, 0.6) is 0 Å². The van der Waals surface area contributed by atoms with Crippen LogP contribution in [-0.4, -0.2) is 38.4 Å². The molecule has 0 saturated carbocycles. The first kappa shape index (κ1) is 18.9. The first-order chi connectivity index (χ1) is 12.4. The van der Waals surface area contributed by atoms with Crippen molar-refractivity contribution in [2.24, 2.45) is 0 Å². The van der Waals surface area contributed by atoms with E-state index in [1.54, 1.807) is 41.3 Å². The van der Waals surface area contributed by atoms with Gasteiger partial charge >= 0.3 is 0 Å². The van der Waals surface area contributed by atoms with E-state index in [1.807, 2.05) is 19.1 Å². The number of aryl methyl sites for hydroxylation is 1. The second-order valence-corrected chi connectivity index (χ2v) is 8.71. The number of amides is 1. The maximum absolute atomic E-state index is 12.6. The molecule has 5 nitrogen and oxygen atoms in total. The van der Waals surface area contributed by atoms with Gasteiger partial charge in [-0.3, -0.25) is 4.79 Å². The van der Waals surface area contributed by atoms with Crippen molar-refractivity contribution in [1.29, 1.82) is 0 Å². The van der Waals surface area contributed by atoms with Crippen LogP contribution in [0.2, 0.25) is 0 Å². The number of hydrogen-bond donors (Lipinski definition) is 2. The molecule has 0 bridgehead atoms. The lowest BCUT2D eigenvalue weighted by atomic mass is 10.0. The second-order valence-electron chi connectivity index (χ2n) is 6.52. The smallest absolute Gasteiger partial charge is 0.254 e. The number of rotatable bonds is 4. The Labute approximate surface area is 159 Å². The molecule has 1 fully saturated rings. The van der Waals surface area contributed by atoms with Crippen LogP contribution >= 0.6 is 12.6 Å². The maximum atomic E-state index is 12.6. The van der Waals surface area contributed by atoms with Crippen LogP contribution in [-0.2, 0) is 10.0 Å². The van der Waals surface area contributed by atoms with Crippen LogP contribution in [0.1, 0.15) is 28.8 Å². The molecule has 26 heavy (non-hydrogen) atoms. The van der Waals surface area contributed by atoms with Crippen molar-refractivity contribution < 1.29 is 13.2 Å². The molecule has 0 aliphatic carbocycles. The molecule has 0 unspecified atom stereocenters. The fourth-order valence-electron chi connectivity index (χ4n) is 3.03. The zero-order valence-corrected chi connectivity index (χ0v) is 16.3. The second kappa shape index (κ2) is 7.82. The standard InChI is InChI=1S/C19H22N2O3S2/c1-14-6-8-16(9-7-14)26(23,24)20-15-10-12-21(13-11-15)19(22)17-4-2-3-5-18(17)25/h2-9,15,20,25H,10-13H2,1H3. The van der Waals surface area contributed by atoms with Gasteiger partial charge in [0.05, 0.1) is 10.5 Å². The van der Waals surface area contributed by atoms with Gasteiger partial charge in [0.15, 0.2) is 0 Å². The van der Waals surface area contributed by atoms with Crippen molar-refractivity contribution >= 4 is 28.6 Å². The molecule has 0 radical (unpaired) electrons. The number of thiol groups is 1. The van der Waals surface area contributed by atoms with E-state index in [4.69, 9.17) is 0 Å². The lowest BCUT2D eigenvalue weighted by Gasteiger charge is -2.32. The zero-order chi connectivity index (χ0) is 18.7. The molecule has 0 spiro atoms. The molecule has 2 aromatic rings. The molecule has 1 heterocycles. The highest BCUT2D eigenvalue weighted by Crippen LogP contribution is 2.20. The minimum atomic E-state index is -3.54. The van der Waals surface area contributed by atoms with Crippen molar-refractivity contribution in [2.75, 3.05) is 13.1 Å². The number of carbonyl (C=O) groups is 1. The summed E-state index contributed by atoms with van der Waals surface area (Å²) in [6.45, 7) is 2.95. The van der Waals surface area contributed by atoms with Crippen LogP contribution in [0.15, 0.2) is 58.3 Å². The quantitative estimate of drug-likeness (QED) is 0.789. The van der Waals surface area contributed by atoms with Crippen molar-refractivity contribution in [2.45, 2.75) is 35.6 Å². The van der Waals surface area contributed by atoms with E-state index in [0.29, 0.717) is 36.4 Å². The summed E-state index contributed by atoms with van der Waals surface area (Å²) in [5.74, 6) is -0.0598. The average Bonchev–Trinajstić information content (AvgIpc) is 2.62. The van der Waals surface area contributed by atoms with Crippen molar-refractivity contribution in [3.05, 3.63) is 59.7 Å². The lowest BCUT2D eigenvalue weighted by Crippen LogP contribution is -2.46. The Balaban J connectivity index is 1.61. The fourth-order valence-corrected chi connectivity index (χ4v) is 4.59. The summed E-state index contributed by atoms with van der Waals surface area (Å²) in [6.07, 6.45) is 1.18. The zero-order valence-electron chi connectivity index (χ0n) is 14.6. The number of sulfonamides is 1. The Kier molecular flexibility index (Phi) is 5.70. The van der Waals surface area contributed by atoms with E-state index in [9.17, 15) is 13.2 Å². The number of hydrogen-bond acceptors (Lipinski definition) is 4. The molecular formula is C19H22N2O3S2. The number of likely N-dealkylation sites (tertiary alicyclic amines) is 1. The van der Waals surface area contributed by atoms with Gasteiger partial charge in [-0.25, -0.2) is 13.1 Å². The Hall–Kier alpha value is -1.83. The van der Waals surface area contributed by atoms with Gasteiger partial charge in [0.25, 0.3) is 5.91 Å². The summed E-state index contributed by atoms with van der Waals surface area (Å²) in [4.78, 5) is 15.3. The maximum Gasteiger partial charge on any atom is 0.254 e. The van der Waals surface area contributed by atoms with Crippen molar-refractivity contribution in [3.8, 4) is 0 Å². The Bertz CT molecular complexity index is 887. The molecule has 3 rings (SSSR count). The SMILES string of the molecule is Cc1ccc(S(=O)(=O)NC2CCN(C(=O)c3ccccc3S)CC2)cc1. The highest BCUT2D eigenvalue weighted by atomic mass is 32.2. The largest absolute Gasteiger partial charge is 0.338 e. The van der Waals surface area contributed by atoms with Gasteiger partial charge in [0, 0.05) is 24.0 Å². The third kappa shape index (κ3) is 4.28. The van der Waals surface area contributed by atoms with Gasteiger partial charge in [-0.15, -0.1) is 12.6 Å². The molecular weight excluding hydrogens is 368 g/mol. The molecule has 0 aromatic heterocycles. The molecule has 7 heteroatoms. The summed E-state index contributed by atoms with van der Waals surface area (Å²) in [5, 5.41) is 0. The van der Waals surface area contributed by atoms with Gasteiger partial charge in [0.2, 0.25) is 10.0 Å². The van der Waals surface area contributed by atoms with Gasteiger partial charge in [0.1, 0.15) is 0 Å². The first-order valence-corrected chi connectivity index (χ1v) is 10.5. The highest BCUT2D eigenvalue weighted by Gasteiger charge is 2.27. The van der Waals surface area contributed by atoms with E-state index in [2.05, 4.69) is 17.4 Å². The number of nitrogens with zero attached hydrogens (tertiary/aromatic N) is 1. The molecule has 1 saturated heterocycles. The normalized spacial score (nSPS) is 15.8. The molecule has 1 aliphatic heterocycles. The van der Waals surface area contributed by atoms with Gasteiger partial charge < -0.3 is 4.90 Å². The molecule has 138 valence electrons. The van der Waals surface area contributed by atoms with Gasteiger partial charge in [-0.1, -0.05) is 29.8 Å². The van der Waals surface area contributed by atoms with Gasteiger partial charge in [-0.2, -0.15) is 0 Å². The average molecular weight is 391 g/mol. The van der Waals surface area contributed by atoms with Crippen LogP contribution in [0.25, 0.3) is 0 Å². The summed E-state index contributed by atoms with van der Waals surface area (Å²) in [5.41, 5.74) is 1.59. The third-order valence-corrected chi connectivity index (χ3v) is 6.50. The number of piperidine rings is 1. The van der Waals surface area contributed by atoms with Crippen molar-refractivity contribution in [3.63, 3.8) is 0 Å². The number of benzene rings is 2. The summed E-state index contributed by atoms with van der Waals surface area (Å²) in [7, 11) is -3.54. The van der Waals surface area contributed by atoms with E-state index < -0.39 is 10.0 Å². The molecule has 1 N–H and O–H groups in total. The highest BCUT2D eigenvalue weighted by molar-refractivity contribution is 7.89. The molecule has 1 amide bonds. The Morgan fingerprint density at radius 3 is 2.31 bits per heavy atom. The number of carbonyl (C=O) groups excluding carboxylic acids is 1.